The van der Waals surface area contributed by atoms with Crippen molar-refractivity contribution in [2.24, 2.45) is 0 Å². The molecule has 0 spiro atoms. The van der Waals surface area contributed by atoms with Crippen LogP contribution in [0.15, 0.2) is 70.6 Å². The molecule has 40 heavy (non-hydrogen) atoms. The van der Waals surface area contributed by atoms with Crippen LogP contribution in [0.25, 0.3) is 16.7 Å². The van der Waals surface area contributed by atoms with Gasteiger partial charge >= 0.3 is 0 Å². The van der Waals surface area contributed by atoms with Crippen molar-refractivity contribution in [1.82, 2.24) is 19.4 Å². The Kier molecular flexibility index (Phi) is 7.85. The van der Waals surface area contributed by atoms with Crippen molar-refractivity contribution in [1.29, 1.82) is 0 Å². The molecule has 5 rings (SSSR count). The molecule has 0 radical (unpaired) electrons. The lowest BCUT2D eigenvalue weighted by Gasteiger charge is -2.34. The zero-order chi connectivity index (χ0) is 28.4. The SMILES string of the molecule is C=CC(=O)Nc1cc(Br)cc(-n2c(=O)cc(C)c3cnc(Nc4ccc(N5CCN(C)CC5)cc4OC)nc32)c1. The van der Waals surface area contributed by atoms with E-state index in [-0.39, 0.29) is 11.5 Å². The first kappa shape index (κ1) is 27.4. The van der Waals surface area contributed by atoms with Crippen molar-refractivity contribution in [3.63, 3.8) is 0 Å². The lowest BCUT2D eigenvalue weighted by molar-refractivity contribution is -0.111. The highest BCUT2D eigenvalue weighted by Gasteiger charge is 2.17. The number of carbonyl (C=O) groups is 1. The molecule has 4 aromatic rings. The molecule has 2 aromatic heterocycles. The fourth-order valence-electron chi connectivity index (χ4n) is 4.70. The van der Waals surface area contributed by atoms with Crippen LogP contribution < -0.4 is 25.8 Å². The largest absolute Gasteiger partial charge is 0.494 e. The van der Waals surface area contributed by atoms with Gasteiger partial charge in [-0.3, -0.25) is 14.2 Å². The Bertz CT molecular complexity index is 1660. The number of aryl methyl sites for hydroxylation is 1. The van der Waals surface area contributed by atoms with Crippen LogP contribution in [0.1, 0.15) is 5.56 Å². The molecule has 11 heteroatoms. The number of halogens is 1. The first-order chi connectivity index (χ1) is 19.2. The number of fused-ring (bicyclic) bond motifs is 1. The van der Waals surface area contributed by atoms with Crippen LogP contribution in [-0.2, 0) is 4.79 Å². The van der Waals surface area contributed by atoms with E-state index in [9.17, 15) is 9.59 Å². The van der Waals surface area contributed by atoms with E-state index in [2.05, 4.69) is 61.0 Å². The van der Waals surface area contributed by atoms with Crippen LogP contribution >= 0.6 is 15.9 Å². The summed E-state index contributed by atoms with van der Waals surface area (Å²) >= 11 is 3.48. The van der Waals surface area contributed by atoms with E-state index >= 15 is 0 Å². The summed E-state index contributed by atoms with van der Waals surface area (Å²) in [6, 6.07) is 12.8. The van der Waals surface area contributed by atoms with E-state index in [1.807, 2.05) is 19.1 Å². The molecule has 3 heterocycles. The zero-order valence-electron chi connectivity index (χ0n) is 22.6. The topological polar surface area (TPSA) is 105 Å². The maximum absolute atomic E-state index is 13.3. The molecular formula is C29H30BrN7O3. The van der Waals surface area contributed by atoms with Crippen molar-refractivity contribution in [2.45, 2.75) is 6.92 Å². The summed E-state index contributed by atoms with van der Waals surface area (Å²) in [4.78, 5) is 39.1. The highest BCUT2D eigenvalue weighted by atomic mass is 79.9. The van der Waals surface area contributed by atoms with Crippen LogP contribution in [0.3, 0.4) is 0 Å². The lowest BCUT2D eigenvalue weighted by Crippen LogP contribution is -2.44. The minimum Gasteiger partial charge on any atom is -0.494 e. The zero-order valence-corrected chi connectivity index (χ0v) is 24.2. The Hall–Kier alpha value is -4.22. The molecule has 1 aliphatic heterocycles. The highest BCUT2D eigenvalue weighted by Crippen LogP contribution is 2.32. The molecular weight excluding hydrogens is 574 g/mol. The minimum atomic E-state index is -0.355. The van der Waals surface area contributed by atoms with Gasteiger partial charge in [-0.1, -0.05) is 22.5 Å². The summed E-state index contributed by atoms with van der Waals surface area (Å²) in [5, 5.41) is 6.72. The second kappa shape index (κ2) is 11.5. The number of nitrogens with zero attached hydrogens (tertiary/aromatic N) is 5. The summed E-state index contributed by atoms with van der Waals surface area (Å²) in [5.74, 6) is 0.620. The van der Waals surface area contributed by atoms with Gasteiger partial charge in [0.25, 0.3) is 5.56 Å². The van der Waals surface area contributed by atoms with Crippen LogP contribution in [0.2, 0.25) is 0 Å². The highest BCUT2D eigenvalue weighted by molar-refractivity contribution is 9.10. The minimum absolute atomic E-state index is 0.261. The number of hydrogen-bond acceptors (Lipinski definition) is 8. The number of likely N-dealkylation sites (N-methyl/N-ethyl adjacent to an activating group) is 1. The number of hydrogen-bond donors (Lipinski definition) is 2. The van der Waals surface area contributed by atoms with Crippen molar-refractivity contribution in [3.8, 4) is 11.4 Å². The fourth-order valence-corrected chi connectivity index (χ4v) is 5.18. The molecule has 0 saturated carbocycles. The van der Waals surface area contributed by atoms with Crippen molar-refractivity contribution >= 4 is 55.9 Å². The number of methoxy groups -OCH3 is 1. The Morgan fingerprint density at radius 2 is 1.88 bits per heavy atom. The van der Waals surface area contributed by atoms with Crippen molar-refractivity contribution in [2.75, 3.05) is 55.9 Å². The number of carbonyl (C=O) groups excluding carboxylic acids is 1. The molecule has 0 unspecified atom stereocenters. The Balaban J connectivity index is 1.53. The number of anilines is 4. The molecule has 0 atom stereocenters. The average Bonchev–Trinajstić information content (AvgIpc) is 2.93. The number of nitrogens with one attached hydrogen (secondary N) is 2. The van der Waals surface area contributed by atoms with E-state index in [1.165, 1.54) is 10.6 Å². The molecule has 10 nitrogen and oxygen atoms in total. The monoisotopic (exact) mass is 603 g/mol. The maximum atomic E-state index is 13.3. The number of amides is 1. The lowest BCUT2D eigenvalue weighted by atomic mass is 10.2. The van der Waals surface area contributed by atoms with E-state index in [4.69, 9.17) is 9.72 Å². The number of rotatable bonds is 7. The van der Waals surface area contributed by atoms with Gasteiger partial charge in [0.05, 0.1) is 18.5 Å². The van der Waals surface area contributed by atoms with Crippen molar-refractivity contribution < 1.29 is 9.53 Å². The molecule has 1 saturated heterocycles. The number of benzene rings is 2. The van der Waals surface area contributed by atoms with Gasteiger partial charge in [0.1, 0.15) is 5.75 Å². The van der Waals surface area contributed by atoms with Gasteiger partial charge in [0, 0.05) is 65.7 Å². The van der Waals surface area contributed by atoms with Gasteiger partial charge in [-0.25, -0.2) is 4.98 Å². The molecule has 2 N–H and O–H groups in total. The number of pyridine rings is 1. The van der Waals surface area contributed by atoms with E-state index in [0.717, 1.165) is 42.8 Å². The van der Waals surface area contributed by atoms with Gasteiger partial charge in [-0.05, 0) is 55.9 Å². The Labute approximate surface area is 240 Å². The van der Waals surface area contributed by atoms with E-state index in [0.29, 0.717) is 38.9 Å². The molecule has 0 bridgehead atoms. The van der Waals surface area contributed by atoms with Crippen LogP contribution in [0, 0.1) is 6.92 Å². The molecule has 1 amide bonds. The molecule has 206 valence electrons. The smallest absolute Gasteiger partial charge is 0.257 e. The first-order valence-corrected chi connectivity index (χ1v) is 13.6. The fraction of sp³-hybridized carbons (Fsp3) is 0.241. The molecule has 1 fully saturated rings. The second-order valence-corrected chi connectivity index (χ2v) is 10.5. The van der Waals surface area contributed by atoms with E-state index in [1.54, 1.807) is 37.6 Å². The standard InChI is InChI=1S/C29H30BrN7O3/c1-5-26(38)32-20-13-19(30)14-22(15-20)37-27(39)12-18(2)23-17-31-29(34-28(23)37)33-24-7-6-21(16-25(24)40-4)36-10-8-35(3)9-11-36/h5-7,12-17H,1,8-11H2,2-4H3,(H,32,38)(H,31,33,34). The average molecular weight is 605 g/mol. The second-order valence-electron chi connectivity index (χ2n) is 9.62. The number of ether oxygens (including phenoxy) is 1. The molecule has 0 aliphatic carbocycles. The maximum Gasteiger partial charge on any atom is 0.257 e. The number of piperazine rings is 1. The molecule has 1 aliphatic rings. The van der Waals surface area contributed by atoms with Crippen LogP contribution in [-0.4, -0.2) is 65.7 Å². The predicted molar refractivity (Wildman–Crippen MR) is 162 cm³/mol. The Morgan fingerprint density at radius 1 is 1.10 bits per heavy atom. The first-order valence-electron chi connectivity index (χ1n) is 12.8. The third kappa shape index (κ3) is 5.70. The van der Waals surface area contributed by atoms with Crippen molar-refractivity contribution in [3.05, 3.63) is 81.7 Å². The van der Waals surface area contributed by atoms with Gasteiger partial charge in [-0.15, -0.1) is 0 Å². The summed E-state index contributed by atoms with van der Waals surface area (Å²) in [6.45, 7) is 9.26. The Morgan fingerprint density at radius 3 is 2.60 bits per heavy atom. The summed E-state index contributed by atoms with van der Waals surface area (Å²) in [6.07, 6.45) is 2.88. The third-order valence-corrected chi connectivity index (χ3v) is 7.32. The van der Waals surface area contributed by atoms with Gasteiger partial charge in [0.15, 0.2) is 5.65 Å². The van der Waals surface area contributed by atoms with Crippen LogP contribution in [0.4, 0.5) is 23.0 Å². The van der Waals surface area contributed by atoms with E-state index < -0.39 is 0 Å². The van der Waals surface area contributed by atoms with Gasteiger partial charge in [-0.2, -0.15) is 4.98 Å². The normalized spacial score (nSPS) is 13.8. The van der Waals surface area contributed by atoms with Gasteiger partial charge in [0.2, 0.25) is 11.9 Å². The quantitative estimate of drug-likeness (QED) is 0.298. The predicted octanol–water partition coefficient (Wildman–Crippen LogP) is 4.48. The molecule has 2 aromatic carbocycles. The van der Waals surface area contributed by atoms with Crippen LogP contribution in [0.5, 0.6) is 5.75 Å². The third-order valence-electron chi connectivity index (χ3n) is 6.86. The van der Waals surface area contributed by atoms with Gasteiger partial charge < -0.3 is 25.2 Å². The number of aromatic nitrogens is 3. The summed E-state index contributed by atoms with van der Waals surface area (Å²) in [7, 11) is 3.76. The summed E-state index contributed by atoms with van der Waals surface area (Å²) in [5.41, 5.74) is 3.76. The summed E-state index contributed by atoms with van der Waals surface area (Å²) < 4.78 is 7.88.